The number of nitrogens with one attached hydrogen (secondary N) is 2. The predicted octanol–water partition coefficient (Wildman–Crippen LogP) is 3.20. The average Bonchev–Trinajstić information content (AvgIpc) is 3.11. The van der Waals surface area contributed by atoms with Crippen LogP contribution in [-0.4, -0.2) is 51.9 Å². The molecule has 2 N–H and O–H groups in total. The second-order valence-electron chi connectivity index (χ2n) is 5.70. The molecule has 0 saturated heterocycles. The molecule has 7 heteroatoms. The van der Waals surface area contributed by atoms with Gasteiger partial charge in [0.2, 0.25) is 0 Å². The van der Waals surface area contributed by atoms with Crippen molar-refractivity contribution in [2.24, 2.45) is 0 Å². The van der Waals surface area contributed by atoms with Gasteiger partial charge in [-0.05, 0) is 49.8 Å². The lowest BCUT2D eigenvalue weighted by Crippen LogP contribution is -2.36. The molecule has 136 valence electrons. The first kappa shape index (κ1) is 19.2. The van der Waals surface area contributed by atoms with E-state index in [0.717, 1.165) is 5.75 Å². The van der Waals surface area contributed by atoms with Gasteiger partial charge in [0.25, 0.3) is 0 Å². The van der Waals surface area contributed by atoms with Gasteiger partial charge in [-0.2, -0.15) is 0 Å². The minimum Gasteiger partial charge on any atom is -0.491 e. The number of rotatable bonds is 9. The van der Waals surface area contributed by atoms with Gasteiger partial charge in [0.05, 0.1) is 12.6 Å². The molecule has 0 aliphatic heterocycles. The summed E-state index contributed by atoms with van der Waals surface area (Å²) >= 11 is 1.69. The number of benzene rings is 1. The van der Waals surface area contributed by atoms with Crippen LogP contribution in [-0.2, 0) is 4.74 Å². The van der Waals surface area contributed by atoms with Gasteiger partial charge in [-0.3, -0.25) is 0 Å². The van der Waals surface area contributed by atoms with Crippen LogP contribution in [0.25, 0.3) is 0 Å². The van der Waals surface area contributed by atoms with Gasteiger partial charge in [-0.15, -0.1) is 11.3 Å². The van der Waals surface area contributed by atoms with Crippen LogP contribution >= 0.6 is 11.3 Å². The number of hydrogen-bond acceptors (Lipinski definition) is 5. The zero-order valence-electron chi connectivity index (χ0n) is 14.8. The van der Waals surface area contributed by atoms with Crippen molar-refractivity contribution in [3.05, 3.63) is 46.7 Å². The number of carbonyl (C=O) groups excluding carboxylic acids is 1. The summed E-state index contributed by atoms with van der Waals surface area (Å²) in [6.45, 7) is 1.58. The van der Waals surface area contributed by atoms with E-state index in [9.17, 15) is 4.79 Å². The van der Waals surface area contributed by atoms with E-state index < -0.39 is 0 Å². The van der Waals surface area contributed by atoms with Crippen LogP contribution in [0.5, 0.6) is 5.75 Å². The number of nitrogens with zero attached hydrogens (tertiary/aromatic N) is 1. The molecular weight excluding hydrogens is 338 g/mol. The fraction of sp³-hybridized carbons (Fsp3) is 0.389. The number of ether oxygens (including phenoxy) is 2. The topological polar surface area (TPSA) is 62.8 Å². The van der Waals surface area contributed by atoms with E-state index in [1.54, 1.807) is 18.4 Å². The summed E-state index contributed by atoms with van der Waals surface area (Å²) in [5, 5.41) is 7.80. The number of anilines is 1. The van der Waals surface area contributed by atoms with Crippen molar-refractivity contribution in [2.75, 3.05) is 46.3 Å². The minimum atomic E-state index is -0.226. The zero-order valence-corrected chi connectivity index (χ0v) is 15.6. The molecule has 0 spiro atoms. The Hall–Kier alpha value is -2.09. The molecule has 2 rings (SSSR count). The highest BCUT2D eigenvalue weighted by Gasteiger charge is 2.16. The highest BCUT2D eigenvalue weighted by Crippen LogP contribution is 2.22. The summed E-state index contributed by atoms with van der Waals surface area (Å²) in [7, 11) is 5.65. The molecule has 1 aromatic carbocycles. The molecule has 0 aliphatic carbocycles. The Morgan fingerprint density at radius 3 is 2.56 bits per heavy atom. The van der Waals surface area contributed by atoms with Crippen LogP contribution in [0.2, 0.25) is 0 Å². The molecule has 1 atom stereocenters. The Balaban J connectivity index is 1.81. The van der Waals surface area contributed by atoms with Gasteiger partial charge in [-0.1, -0.05) is 6.07 Å². The summed E-state index contributed by atoms with van der Waals surface area (Å²) < 4.78 is 10.4. The molecule has 25 heavy (non-hydrogen) atoms. The van der Waals surface area contributed by atoms with Crippen LogP contribution in [0.15, 0.2) is 41.8 Å². The average molecular weight is 363 g/mol. The Morgan fingerprint density at radius 2 is 1.96 bits per heavy atom. The molecule has 1 unspecified atom stereocenters. The number of carbonyl (C=O) groups is 1. The van der Waals surface area contributed by atoms with Crippen LogP contribution < -0.4 is 15.4 Å². The van der Waals surface area contributed by atoms with E-state index in [-0.39, 0.29) is 12.1 Å². The smallest absolute Gasteiger partial charge is 0.319 e. The lowest BCUT2D eigenvalue weighted by Gasteiger charge is -2.23. The van der Waals surface area contributed by atoms with Crippen LogP contribution in [0, 0.1) is 0 Å². The fourth-order valence-corrected chi connectivity index (χ4v) is 3.18. The highest BCUT2D eigenvalue weighted by atomic mass is 32.1. The fourth-order valence-electron chi connectivity index (χ4n) is 2.26. The normalized spacial score (nSPS) is 12.0. The van der Waals surface area contributed by atoms with E-state index in [0.29, 0.717) is 25.4 Å². The van der Waals surface area contributed by atoms with Gasteiger partial charge in [-0.25, -0.2) is 4.79 Å². The van der Waals surface area contributed by atoms with E-state index in [1.807, 2.05) is 49.8 Å². The SMILES string of the molecule is COCCOc1ccc(NC(=O)NCC(c2cccs2)N(C)C)cc1. The standard InChI is InChI=1S/C18H25N3O3S/c1-21(2)16(17-5-4-12-25-17)13-19-18(22)20-14-6-8-15(9-7-14)24-11-10-23-3/h4-9,12,16H,10-11,13H2,1-3H3,(H2,19,20,22). The third kappa shape index (κ3) is 6.38. The molecule has 1 heterocycles. The molecule has 0 fully saturated rings. The van der Waals surface area contributed by atoms with Crippen LogP contribution in [0.3, 0.4) is 0 Å². The van der Waals surface area contributed by atoms with Crippen molar-refractivity contribution >= 4 is 23.1 Å². The molecule has 0 radical (unpaired) electrons. The monoisotopic (exact) mass is 363 g/mol. The van der Waals surface area contributed by atoms with Crippen molar-refractivity contribution < 1.29 is 14.3 Å². The number of methoxy groups -OCH3 is 1. The van der Waals surface area contributed by atoms with Crippen LogP contribution in [0.4, 0.5) is 10.5 Å². The minimum absolute atomic E-state index is 0.155. The number of likely N-dealkylation sites (N-methyl/N-ethyl adjacent to an activating group) is 1. The maximum atomic E-state index is 12.1. The third-order valence-electron chi connectivity index (χ3n) is 3.62. The van der Waals surface area contributed by atoms with Gasteiger partial charge in [0, 0.05) is 24.2 Å². The number of amides is 2. The van der Waals surface area contributed by atoms with Gasteiger partial charge < -0.3 is 25.0 Å². The molecule has 0 aliphatic rings. The lowest BCUT2D eigenvalue weighted by molar-refractivity contribution is 0.146. The van der Waals surface area contributed by atoms with Crippen molar-refractivity contribution in [1.82, 2.24) is 10.2 Å². The largest absolute Gasteiger partial charge is 0.491 e. The summed E-state index contributed by atoms with van der Waals surface area (Å²) in [4.78, 5) is 15.4. The van der Waals surface area contributed by atoms with Crippen LogP contribution in [0.1, 0.15) is 10.9 Å². The maximum Gasteiger partial charge on any atom is 0.319 e. The first-order valence-electron chi connectivity index (χ1n) is 8.06. The summed E-state index contributed by atoms with van der Waals surface area (Å²) in [5.74, 6) is 0.744. The Labute approximate surface area is 152 Å². The number of urea groups is 1. The second-order valence-corrected chi connectivity index (χ2v) is 6.67. The molecule has 6 nitrogen and oxygen atoms in total. The Morgan fingerprint density at radius 1 is 1.20 bits per heavy atom. The maximum absolute atomic E-state index is 12.1. The Kier molecular flexibility index (Phi) is 7.72. The molecule has 2 amide bonds. The summed E-state index contributed by atoms with van der Waals surface area (Å²) in [5.41, 5.74) is 0.717. The van der Waals surface area contributed by atoms with E-state index in [2.05, 4.69) is 21.6 Å². The first-order chi connectivity index (χ1) is 12.1. The van der Waals surface area contributed by atoms with Crippen molar-refractivity contribution in [1.29, 1.82) is 0 Å². The predicted molar refractivity (Wildman–Crippen MR) is 102 cm³/mol. The summed E-state index contributed by atoms with van der Waals surface area (Å²) in [6, 6.07) is 11.3. The highest BCUT2D eigenvalue weighted by molar-refractivity contribution is 7.10. The summed E-state index contributed by atoms with van der Waals surface area (Å²) in [6.07, 6.45) is 0. The van der Waals surface area contributed by atoms with E-state index >= 15 is 0 Å². The third-order valence-corrected chi connectivity index (χ3v) is 4.59. The van der Waals surface area contributed by atoms with Gasteiger partial charge in [0.1, 0.15) is 12.4 Å². The van der Waals surface area contributed by atoms with Crippen molar-refractivity contribution in [2.45, 2.75) is 6.04 Å². The van der Waals surface area contributed by atoms with Gasteiger partial charge >= 0.3 is 6.03 Å². The quantitative estimate of drug-likeness (QED) is 0.672. The van der Waals surface area contributed by atoms with E-state index in [4.69, 9.17) is 9.47 Å². The Bertz CT molecular complexity index is 630. The molecule has 1 aromatic heterocycles. The molecule has 0 saturated carbocycles. The van der Waals surface area contributed by atoms with Gasteiger partial charge in [0.15, 0.2) is 0 Å². The molecule has 0 bridgehead atoms. The number of hydrogen-bond donors (Lipinski definition) is 2. The number of thiophene rings is 1. The van der Waals surface area contributed by atoms with E-state index in [1.165, 1.54) is 4.88 Å². The lowest BCUT2D eigenvalue weighted by atomic mass is 10.2. The molecule has 2 aromatic rings. The van der Waals surface area contributed by atoms with Crippen molar-refractivity contribution in [3.8, 4) is 5.75 Å². The second kappa shape index (κ2) is 10.0. The molecular formula is C18H25N3O3S. The first-order valence-corrected chi connectivity index (χ1v) is 8.94. The van der Waals surface area contributed by atoms with Crippen molar-refractivity contribution in [3.63, 3.8) is 0 Å². The zero-order chi connectivity index (χ0) is 18.1.